The van der Waals surface area contributed by atoms with Gasteiger partial charge in [-0.3, -0.25) is 4.79 Å². The van der Waals surface area contributed by atoms with E-state index in [0.717, 1.165) is 6.07 Å². The van der Waals surface area contributed by atoms with Crippen molar-refractivity contribution in [1.29, 1.82) is 0 Å². The van der Waals surface area contributed by atoms with Crippen LogP contribution >= 0.6 is 0 Å². The van der Waals surface area contributed by atoms with Gasteiger partial charge in [0.1, 0.15) is 0 Å². The van der Waals surface area contributed by atoms with Gasteiger partial charge in [-0.2, -0.15) is 13.2 Å². The average molecular weight is 260 g/mol. The molecular formula is C11H11F3N2O2. The van der Waals surface area contributed by atoms with E-state index in [0.29, 0.717) is 19.0 Å². The Morgan fingerprint density at radius 1 is 1.50 bits per heavy atom. The molecule has 1 aromatic heterocycles. The van der Waals surface area contributed by atoms with Gasteiger partial charge < -0.3 is 10.5 Å². The van der Waals surface area contributed by atoms with E-state index >= 15 is 0 Å². The lowest BCUT2D eigenvalue weighted by Gasteiger charge is -2.16. The van der Waals surface area contributed by atoms with Crippen LogP contribution in [0.5, 0.6) is 5.88 Å². The largest absolute Gasteiger partial charge is 0.481 e. The molecule has 1 fully saturated rings. The molecular weight excluding hydrogens is 249 g/mol. The highest BCUT2D eigenvalue weighted by molar-refractivity contribution is 5.90. The van der Waals surface area contributed by atoms with Gasteiger partial charge in [0.05, 0.1) is 18.1 Å². The van der Waals surface area contributed by atoms with Gasteiger partial charge in [0.2, 0.25) is 11.8 Å². The van der Waals surface area contributed by atoms with Gasteiger partial charge >= 0.3 is 6.18 Å². The molecule has 0 spiro atoms. The molecule has 0 atom stereocenters. The molecule has 0 aliphatic heterocycles. The second kappa shape index (κ2) is 3.86. The second-order valence-corrected chi connectivity index (χ2v) is 4.22. The van der Waals surface area contributed by atoms with Gasteiger partial charge in [-0.25, -0.2) is 4.98 Å². The maximum Gasteiger partial charge on any atom is 0.417 e. The van der Waals surface area contributed by atoms with Crippen molar-refractivity contribution in [3.8, 4) is 5.88 Å². The Bertz CT molecular complexity index is 496. The highest BCUT2D eigenvalue weighted by atomic mass is 19.4. The van der Waals surface area contributed by atoms with Crippen molar-refractivity contribution < 1.29 is 22.7 Å². The summed E-state index contributed by atoms with van der Waals surface area (Å²) in [6, 6.07) is 0.892. The lowest BCUT2D eigenvalue weighted by molar-refractivity contribution is -0.138. The van der Waals surface area contributed by atoms with Crippen molar-refractivity contribution in [2.45, 2.75) is 24.4 Å². The minimum atomic E-state index is -4.51. The monoisotopic (exact) mass is 260 g/mol. The van der Waals surface area contributed by atoms with Crippen LogP contribution in [0.25, 0.3) is 0 Å². The number of carbonyl (C=O) groups is 1. The number of amides is 1. The quantitative estimate of drug-likeness (QED) is 0.898. The van der Waals surface area contributed by atoms with Crippen LogP contribution in [0.4, 0.5) is 13.2 Å². The van der Waals surface area contributed by atoms with Crippen molar-refractivity contribution in [2.24, 2.45) is 5.73 Å². The molecule has 0 unspecified atom stereocenters. The van der Waals surface area contributed by atoms with Crippen molar-refractivity contribution in [2.75, 3.05) is 7.11 Å². The second-order valence-electron chi connectivity index (χ2n) is 4.22. The third-order valence-corrected chi connectivity index (χ3v) is 3.11. The molecule has 7 heteroatoms. The SMILES string of the molecule is COc1ncc(C(F)(F)F)cc1C1(C(N)=O)CC1. The Labute approximate surface area is 101 Å². The van der Waals surface area contributed by atoms with Crippen LogP contribution < -0.4 is 10.5 Å². The summed E-state index contributed by atoms with van der Waals surface area (Å²) in [7, 11) is 1.29. The molecule has 0 radical (unpaired) electrons. The van der Waals surface area contributed by atoms with Gasteiger partial charge in [-0.05, 0) is 18.9 Å². The number of pyridine rings is 1. The minimum absolute atomic E-state index is 0.0132. The van der Waals surface area contributed by atoms with Gasteiger partial charge in [-0.1, -0.05) is 0 Å². The first-order valence-electron chi connectivity index (χ1n) is 5.23. The molecule has 1 saturated carbocycles. The standard InChI is InChI=1S/C11H11F3N2O2/c1-18-8-7(10(2-3-10)9(15)17)4-6(5-16-8)11(12,13)14/h4-5H,2-3H2,1H3,(H2,15,17). The fraction of sp³-hybridized carbons (Fsp3) is 0.455. The van der Waals surface area contributed by atoms with Crippen LogP contribution in [0.3, 0.4) is 0 Å². The normalized spacial score (nSPS) is 17.3. The number of hydrogen-bond acceptors (Lipinski definition) is 3. The summed E-state index contributed by atoms with van der Waals surface area (Å²) in [6.45, 7) is 0. The summed E-state index contributed by atoms with van der Waals surface area (Å²) in [5.41, 5.74) is 3.39. The van der Waals surface area contributed by atoms with Gasteiger partial charge in [-0.15, -0.1) is 0 Å². The van der Waals surface area contributed by atoms with Crippen LogP contribution in [0, 0.1) is 0 Å². The summed E-state index contributed by atoms with van der Waals surface area (Å²) < 4.78 is 42.8. The van der Waals surface area contributed by atoms with Crippen LogP contribution in [0.1, 0.15) is 24.0 Å². The Morgan fingerprint density at radius 2 is 2.11 bits per heavy atom. The van der Waals surface area contributed by atoms with Crippen LogP contribution in [0.2, 0.25) is 0 Å². The number of carbonyl (C=O) groups excluding carboxylic acids is 1. The highest BCUT2D eigenvalue weighted by Crippen LogP contribution is 2.51. The molecule has 1 aromatic rings. The zero-order valence-corrected chi connectivity index (χ0v) is 9.54. The van der Waals surface area contributed by atoms with Crippen LogP contribution in [-0.4, -0.2) is 18.0 Å². The number of rotatable bonds is 3. The molecule has 0 bridgehead atoms. The van der Waals surface area contributed by atoms with Crippen LogP contribution in [0.15, 0.2) is 12.3 Å². The summed E-state index contributed by atoms with van der Waals surface area (Å²) in [4.78, 5) is 15.0. The number of primary amides is 1. The molecule has 98 valence electrons. The van der Waals surface area contributed by atoms with Gasteiger partial charge in [0, 0.05) is 11.8 Å². The van der Waals surface area contributed by atoms with Crippen molar-refractivity contribution >= 4 is 5.91 Å². The van der Waals surface area contributed by atoms with Gasteiger partial charge in [0.15, 0.2) is 0 Å². The number of nitrogens with two attached hydrogens (primary N) is 1. The predicted molar refractivity (Wildman–Crippen MR) is 55.9 cm³/mol. The molecule has 1 heterocycles. The summed E-state index contributed by atoms with van der Waals surface area (Å²) in [5, 5.41) is 0. The zero-order valence-electron chi connectivity index (χ0n) is 9.54. The molecule has 2 rings (SSSR count). The van der Waals surface area contributed by atoms with E-state index in [-0.39, 0.29) is 11.4 Å². The molecule has 1 amide bonds. The Balaban J connectivity index is 2.54. The molecule has 2 N–H and O–H groups in total. The van der Waals surface area contributed by atoms with E-state index in [4.69, 9.17) is 10.5 Å². The maximum absolute atomic E-state index is 12.6. The number of halogens is 3. The third kappa shape index (κ3) is 1.89. The molecule has 18 heavy (non-hydrogen) atoms. The van der Waals surface area contributed by atoms with E-state index in [1.54, 1.807) is 0 Å². The summed E-state index contributed by atoms with van der Waals surface area (Å²) >= 11 is 0. The average Bonchev–Trinajstić information content (AvgIpc) is 3.08. The zero-order chi connectivity index (χ0) is 13.6. The fourth-order valence-corrected chi connectivity index (χ4v) is 1.89. The first-order valence-corrected chi connectivity index (χ1v) is 5.23. The van der Waals surface area contributed by atoms with Gasteiger partial charge in [0.25, 0.3) is 0 Å². The third-order valence-electron chi connectivity index (χ3n) is 3.11. The molecule has 1 aliphatic carbocycles. The summed E-state index contributed by atoms with van der Waals surface area (Å²) in [5.74, 6) is -0.638. The molecule has 0 saturated heterocycles. The fourth-order valence-electron chi connectivity index (χ4n) is 1.89. The number of ether oxygens (including phenoxy) is 1. The molecule has 1 aliphatic rings. The molecule has 0 aromatic carbocycles. The van der Waals surface area contributed by atoms with E-state index in [1.807, 2.05) is 0 Å². The number of alkyl halides is 3. The Kier molecular flexibility index (Phi) is 2.71. The van der Waals surface area contributed by atoms with E-state index in [2.05, 4.69) is 4.98 Å². The Morgan fingerprint density at radius 3 is 2.50 bits per heavy atom. The lowest BCUT2D eigenvalue weighted by Crippen LogP contribution is -2.29. The van der Waals surface area contributed by atoms with E-state index in [9.17, 15) is 18.0 Å². The first-order chi connectivity index (χ1) is 8.31. The molecule has 4 nitrogen and oxygen atoms in total. The predicted octanol–water partition coefficient (Wildman–Crippen LogP) is 1.63. The van der Waals surface area contributed by atoms with E-state index in [1.165, 1.54) is 7.11 Å². The minimum Gasteiger partial charge on any atom is -0.481 e. The van der Waals surface area contributed by atoms with E-state index < -0.39 is 23.1 Å². The number of hydrogen-bond donors (Lipinski definition) is 1. The van der Waals surface area contributed by atoms with Crippen molar-refractivity contribution in [1.82, 2.24) is 4.98 Å². The summed E-state index contributed by atoms with van der Waals surface area (Å²) in [6.07, 6.45) is -3.00. The van der Waals surface area contributed by atoms with Crippen molar-refractivity contribution in [3.63, 3.8) is 0 Å². The lowest BCUT2D eigenvalue weighted by atomic mass is 9.95. The Hall–Kier alpha value is -1.79. The maximum atomic E-state index is 12.6. The number of aromatic nitrogens is 1. The number of nitrogens with zero attached hydrogens (tertiary/aromatic N) is 1. The first kappa shape index (κ1) is 12.7. The van der Waals surface area contributed by atoms with Crippen molar-refractivity contribution in [3.05, 3.63) is 23.4 Å². The highest BCUT2D eigenvalue weighted by Gasteiger charge is 2.53. The topological polar surface area (TPSA) is 65.2 Å². The number of methoxy groups -OCH3 is 1. The smallest absolute Gasteiger partial charge is 0.417 e. The van der Waals surface area contributed by atoms with Crippen LogP contribution in [-0.2, 0) is 16.4 Å².